The molecule has 0 aliphatic heterocycles. The fraction of sp³-hybridized carbons (Fsp3) is 0.455. The molecule has 0 fully saturated rings. The quantitative estimate of drug-likeness (QED) is 0.429. The van der Waals surface area contributed by atoms with Crippen LogP contribution in [0.25, 0.3) is 0 Å². The van der Waals surface area contributed by atoms with Gasteiger partial charge in [0.15, 0.2) is 0 Å². The fourth-order valence-electron chi connectivity index (χ4n) is 0.805. The predicted molar refractivity (Wildman–Crippen MR) is 61.4 cm³/mol. The largest absolute Gasteiger partial charge is 0.460 e. The molecule has 0 aromatic heterocycles. The molecule has 0 heterocycles. The van der Waals surface area contributed by atoms with Crippen LogP contribution in [0.1, 0.15) is 27.7 Å². The van der Waals surface area contributed by atoms with Gasteiger partial charge in [-0.15, -0.1) is 0 Å². The number of hydrogen-bond donors (Lipinski definition) is 1. The summed E-state index contributed by atoms with van der Waals surface area (Å²) >= 11 is 0. The van der Waals surface area contributed by atoms with Gasteiger partial charge in [-0.25, -0.2) is 9.79 Å². The third kappa shape index (κ3) is 5.00. The molecule has 0 saturated heterocycles. The van der Waals surface area contributed by atoms with Crippen LogP contribution in [0.4, 0.5) is 0 Å². The monoisotopic (exact) mass is 210 g/mol. The topological polar surface area (TPSA) is 50.7 Å². The van der Waals surface area contributed by atoms with E-state index in [2.05, 4.69) is 23.6 Å². The van der Waals surface area contributed by atoms with Gasteiger partial charge < -0.3 is 10.1 Å². The van der Waals surface area contributed by atoms with Gasteiger partial charge in [0.1, 0.15) is 5.82 Å². The highest BCUT2D eigenvalue weighted by atomic mass is 16.5. The molecule has 0 aromatic carbocycles. The Labute approximate surface area is 90.7 Å². The number of allylic oxidation sites excluding steroid dienone is 1. The minimum Gasteiger partial charge on any atom is -0.460 e. The minimum atomic E-state index is -0.341. The lowest BCUT2D eigenvalue weighted by molar-refractivity contribution is -0.142. The van der Waals surface area contributed by atoms with Crippen molar-refractivity contribution in [2.75, 3.05) is 0 Å². The normalized spacial score (nSPS) is 11.8. The van der Waals surface area contributed by atoms with Gasteiger partial charge >= 0.3 is 5.97 Å². The van der Waals surface area contributed by atoms with Crippen molar-refractivity contribution in [2.45, 2.75) is 33.8 Å². The highest BCUT2D eigenvalue weighted by molar-refractivity contribution is 5.88. The first-order chi connectivity index (χ1) is 6.88. The third-order valence-electron chi connectivity index (χ3n) is 1.73. The lowest BCUT2D eigenvalue weighted by atomic mass is 10.2. The van der Waals surface area contributed by atoms with Gasteiger partial charge in [-0.3, -0.25) is 0 Å². The Bertz CT molecular complexity index is 304. The molecule has 0 unspecified atom stereocenters. The number of hydrogen-bond acceptors (Lipinski definition) is 4. The van der Waals surface area contributed by atoms with E-state index >= 15 is 0 Å². The van der Waals surface area contributed by atoms with E-state index in [0.717, 1.165) is 0 Å². The maximum Gasteiger partial charge on any atom is 0.335 e. The fourth-order valence-corrected chi connectivity index (χ4v) is 0.805. The van der Waals surface area contributed by atoms with E-state index < -0.39 is 0 Å². The lowest BCUT2D eigenvalue weighted by Crippen LogP contribution is -2.17. The van der Waals surface area contributed by atoms with E-state index in [9.17, 15) is 4.79 Å². The minimum absolute atomic E-state index is 0.124. The zero-order valence-corrected chi connectivity index (χ0v) is 9.76. The molecular weight excluding hydrogens is 192 g/mol. The summed E-state index contributed by atoms with van der Waals surface area (Å²) in [5.74, 6) is 0.0658. The Morgan fingerprint density at radius 3 is 2.33 bits per heavy atom. The molecule has 0 atom stereocenters. The molecule has 15 heavy (non-hydrogen) atoms. The van der Waals surface area contributed by atoms with E-state index in [-0.39, 0.29) is 12.1 Å². The first-order valence-corrected chi connectivity index (χ1v) is 4.69. The Hall–Kier alpha value is -1.58. The first kappa shape index (κ1) is 13.4. The summed E-state index contributed by atoms with van der Waals surface area (Å²) in [7, 11) is 0. The van der Waals surface area contributed by atoms with Crippen molar-refractivity contribution in [1.29, 1.82) is 0 Å². The lowest BCUT2D eigenvalue weighted by Gasteiger charge is -2.11. The number of ether oxygens (including phenoxy) is 1. The Morgan fingerprint density at radius 2 is 1.93 bits per heavy atom. The van der Waals surface area contributed by atoms with E-state index in [4.69, 9.17) is 4.74 Å². The molecule has 4 heteroatoms. The number of carbonyl (C=O) groups excluding carboxylic acids is 1. The summed E-state index contributed by atoms with van der Waals surface area (Å²) in [4.78, 5) is 15.1. The maximum atomic E-state index is 11.5. The summed E-state index contributed by atoms with van der Waals surface area (Å²) < 4.78 is 5.04. The summed E-state index contributed by atoms with van der Waals surface area (Å²) in [6.45, 7) is 14.0. The van der Waals surface area contributed by atoms with Crippen molar-refractivity contribution < 1.29 is 9.53 Å². The molecule has 0 aromatic rings. The number of rotatable bonds is 5. The Kier molecular flexibility index (Phi) is 5.37. The van der Waals surface area contributed by atoms with E-state index in [1.54, 1.807) is 27.7 Å². The standard InChI is InChI=1S/C11H18N2O2/c1-7(2)15-11(14)8(3)9(4)13-10(5)12-6/h7,13H,5-6H2,1-4H3/b9-8+. The average Bonchev–Trinajstić information content (AvgIpc) is 2.15. The maximum absolute atomic E-state index is 11.5. The zero-order chi connectivity index (χ0) is 12.0. The van der Waals surface area contributed by atoms with Crippen molar-refractivity contribution in [1.82, 2.24) is 5.32 Å². The van der Waals surface area contributed by atoms with Crippen LogP contribution in [0.5, 0.6) is 0 Å². The Balaban J connectivity index is 4.56. The third-order valence-corrected chi connectivity index (χ3v) is 1.73. The molecule has 0 rings (SSSR count). The molecule has 0 spiro atoms. The van der Waals surface area contributed by atoms with Crippen LogP contribution in [-0.2, 0) is 9.53 Å². The second-order valence-corrected chi connectivity index (χ2v) is 3.43. The molecule has 84 valence electrons. The van der Waals surface area contributed by atoms with E-state index in [1.165, 1.54) is 0 Å². The van der Waals surface area contributed by atoms with Crippen molar-refractivity contribution in [3.8, 4) is 0 Å². The van der Waals surface area contributed by atoms with Crippen LogP contribution in [-0.4, -0.2) is 18.8 Å². The van der Waals surface area contributed by atoms with Crippen molar-refractivity contribution in [3.63, 3.8) is 0 Å². The van der Waals surface area contributed by atoms with Crippen LogP contribution in [0.3, 0.4) is 0 Å². The van der Waals surface area contributed by atoms with Crippen LogP contribution in [0.2, 0.25) is 0 Å². The molecule has 1 N–H and O–H groups in total. The number of aliphatic imine (C=N–C) groups is 1. The van der Waals surface area contributed by atoms with Gasteiger partial charge in [0.2, 0.25) is 0 Å². The predicted octanol–water partition coefficient (Wildman–Crippen LogP) is 1.99. The van der Waals surface area contributed by atoms with Crippen LogP contribution in [0, 0.1) is 0 Å². The molecular formula is C11H18N2O2. The second-order valence-electron chi connectivity index (χ2n) is 3.43. The summed E-state index contributed by atoms with van der Waals surface area (Å²) in [6, 6.07) is 0. The summed E-state index contributed by atoms with van der Waals surface area (Å²) in [5, 5.41) is 2.84. The molecule has 0 bridgehead atoms. The molecule has 4 nitrogen and oxygen atoms in total. The number of nitrogens with one attached hydrogen (secondary N) is 1. The van der Waals surface area contributed by atoms with E-state index in [1.807, 2.05) is 0 Å². The van der Waals surface area contributed by atoms with Crippen LogP contribution < -0.4 is 5.32 Å². The van der Waals surface area contributed by atoms with Crippen molar-refractivity contribution in [2.24, 2.45) is 4.99 Å². The molecule has 0 saturated carbocycles. The highest BCUT2D eigenvalue weighted by Gasteiger charge is 2.11. The zero-order valence-electron chi connectivity index (χ0n) is 9.76. The van der Waals surface area contributed by atoms with Crippen LogP contribution >= 0.6 is 0 Å². The number of esters is 1. The second kappa shape index (κ2) is 6.01. The van der Waals surface area contributed by atoms with Crippen molar-refractivity contribution in [3.05, 3.63) is 23.7 Å². The molecule has 0 aliphatic rings. The highest BCUT2D eigenvalue weighted by Crippen LogP contribution is 2.06. The average molecular weight is 210 g/mol. The van der Waals surface area contributed by atoms with Gasteiger partial charge in [0.25, 0.3) is 0 Å². The smallest absolute Gasteiger partial charge is 0.335 e. The van der Waals surface area contributed by atoms with Gasteiger partial charge in [-0.2, -0.15) is 0 Å². The molecule has 0 radical (unpaired) electrons. The Morgan fingerprint density at radius 1 is 1.40 bits per heavy atom. The summed E-state index contributed by atoms with van der Waals surface area (Å²) in [5.41, 5.74) is 1.17. The summed E-state index contributed by atoms with van der Waals surface area (Å²) in [6.07, 6.45) is -0.124. The van der Waals surface area contributed by atoms with E-state index in [0.29, 0.717) is 17.1 Å². The number of carbonyl (C=O) groups is 1. The number of nitrogens with zero attached hydrogens (tertiary/aromatic N) is 1. The van der Waals surface area contributed by atoms with Crippen LogP contribution in [0.15, 0.2) is 28.7 Å². The van der Waals surface area contributed by atoms with Gasteiger partial charge in [0, 0.05) is 5.70 Å². The first-order valence-electron chi connectivity index (χ1n) is 4.69. The van der Waals surface area contributed by atoms with Gasteiger partial charge in [-0.1, -0.05) is 6.58 Å². The SMILES string of the molecule is C=NC(=C)N/C(C)=C(\C)C(=O)OC(C)C. The van der Waals surface area contributed by atoms with Gasteiger partial charge in [-0.05, 0) is 34.4 Å². The molecule has 0 aliphatic carbocycles. The van der Waals surface area contributed by atoms with Crippen molar-refractivity contribution >= 4 is 12.7 Å². The van der Waals surface area contributed by atoms with Gasteiger partial charge in [0.05, 0.1) is 11.7 Å². The molecule has 0 amide bonds.